The minimum absolute atomic E-state index is 0.607. The third-order valence-electron chi connectivity index (χ3n) is 2.09. The fourth-order valence-corrected chi connectivity index (χ4v) is 0.914. The first-order valence-corrected chi connectivity index (χ1v) is 4.46. The molecular weight excluding hydrogens is 188 g/mol. The predicted octanol–water partition coefficient (Wildman–Crippen LogP) is -0.937. The Morgan fingerprint density at radius 3 is 2.43 bits per heavy atom. The summed E-state index contributed by atoms with van der Waals surface area (Å²) < 4.78 is 4.44. The van der Waals surface area contributed by atoms with Crippen molar-refractivity contribution in [2.45, 2.75) is 25.5 Å². The number of ether oxygens (including phenoxy) is 1. The lowest BCUT2D eigenvalue weighted by molar-refractivity contribution is -0.142. The molecular formula is C8H14N2O4. The van der Waals surface area contributed by atoms with E-state index in [4.69, 9.17) is 10.8 Å². The Labute approximate surface area is 81.6 Å². The molecule has 1 heterocycles. The molecule has 1 fully saturated rings. The molecule has 6 nitrogen and oxygen atoms in total. The van der Waals surface area contributed by atoms with Crippen LogP contribution < -0.4 is 5.73 Å². The van der Waals surface area contributed by atoms with Crippen LogP contribution in [0.15, 0.2) is 0 Å². The number of carbonyl (C=O) groups is 2. The first-order chi connectivity index (χ1) is 6.52. The predicted molar refractivity (Wildman–Crippen MR) is 47.3 cm³/mol. The van der Waals surface area contributed by atoms with Gasteiger partial charge in [-0.3, -0.25) is 0 Å². The van der Waals surface area contributed by atoms with E-state index in [1.54, 1.807) is 0 Å². The molecule has 1 aliphatic heterocycles. The molecule has 1 amide bonds. The quantitative estimate of drug-likeness (QED) is 0.445. The Kier molecular flexibility index (Phi) is 3.43. The standard InChI is InChI=1S/C8H14N2O4/c1-5(11)6(9)7(12)14-8(13)10-3-2-4-10/h5-6,11H,2-4,9H2,1H3/t5-,6+/m1/s1. The smallest absolute Gasteiger partial charge is 0.391 e. The summed E-state index contributed by atoms with van der Waals surface area (Å²) in [7, 11) is 0. The van der Waals surface area contributed by atoms with Gasteiger partial charge < -0.3 is 20.5 Å². The normalized spacial score (nSPS) is 19.5. The highest BCUT2D eigenvalue weighted by atomic mass is 16.6. The van der Waals surface area contributed by atoms with Crippen LogP contribution in [0.1, 0.15) is 13.3 Å². The highest BCUT2D eigenvalue weighted by molar-refractivity contribution is 5.88. The first kappa shape index (κ1) is 10.9. The van der Waals surface area contributed by atoms with Crippen LogP contribution in [0.3, 0.4) is 0 Å². The molecule has 1 aliphatic rings. The Balaban J connectivity index is 2.35. The maximum atomic E-state index is 11.1. The van der Waals surface area contributed by atoms with Crippen molar-refractivity contribution >= 4 is 12.1 Å². The van der Waals surface area contributed by atoms with E-state index in [9.17, 15) is 9.59 Å². The lowest BCUT2D eigenvalue weighted by Crippen LogP contribution is -2.47. The van der Waals surface area contributed by atoms with Gasteiger partial charge in [0.05, 0.1) is 6.10 Å². The van der Waals surface area contributed by atoms with E-state index >= 15 is 0 Å². The molecule has 2 atom stereocenters. The van der Waals surface area contributed by atoms with Crippen molar-refractivity contribution in [2.75, 3.05) is 13.1 Å². The highest BCUT2D eigenvalue weighted by Crippen LogP contribution is 2.08. The fourth-order valence-electron chi connectivity index (χ4n) is 0.914. The lowest BCUT2D eigenvalue weighted by Gasteiger charge is -2.29. The van der Waals surface area contributed by atoms with Gasteiger partial charge in [-0.1, -0.05) is 0 Å². The van der Waals surface area contributed by atoms with Gasteiger partial charge in [-0.2, -0.15) is 0 Å². The van der Waals surface area contributed by atoms with Crippen LogP contribution in [-0.2, 0) is 9.53 Å². The van der Waals surface area contributed by atoms with E-state index in [1.807, 2.05) is 0 Å². The molecule has 80 valence electrons. The van der Waals surface area contributed by atoms with Crippen LogP contribution in [-0.4, -0.2) is 47.3 Å². The van der Waals surface area contributed by atoms with Gasteiger partial charge in [0.2, 0.25) is 0 Å². The fraction of sp³-hybridized carbons (Fsp3) is 0.750. The maximum Gasteiger partial charge on any atom is 0.417 e. The minimum Gasteiger partial charge on any atom is -0.391 e. The van der Waals surface area contributed by atoms with Gasteiger partial charge in [-0.25, -0.2) is 9.59 Å². The molecule has 0 aromatic rings. The lowest BCUT2D eigenvalue weighted by atomic mass is 10.2. The average Bonchev–Trinajstić information content (AvgIpc) is 1.98. The van der Waals surface area contributed by atoms with Crippen molar-refractivity contribution in [2.24, 2.45) is 5.73 Å². The van der Waals surface area contributed by atoms with E-state index in [-0.39, 0.29) is 0 Å². The van der Waals surface area contributed by atoms with Crippen molar-refractivity contribution < 1.29 is 19.4 Å². The third-order valence-corrected chi connectivity index (χ3v) is 2.09. The Morgan fingerprint density at radius 1 is 1.50 bits per heavy atom. The van der Waals surface area contributed by atoms with Crippen LogP contribution in [0.2, 0.25) is 0 Å². The molecule has 0 aromatic carbocycles. The number of carbonyl (C=O) groups excluding carboxylic acids is 2. The van der Waals surface area contributed by atoms with E-state index in [2.05, 4.69) is 4.74 Å². The van der Waals surface area contributed by atoms with Gasteiger partial charge in [0.1, 0.15) is 6.04 Å². The zero-order chi connectivity index (χ0) is 10.7. The van der Waals surface area contributed by atoms with Crippen molar-refractivity contribution in [1.29, 1.82) is 0 Å². The summed E-state index contributed by atoms with van der Waals surface area (Å²) in [6.45, 7) is 2.58. The Morgan fingerprint density at radius 2 is 2.07 bits per heavy atom. The number of nitrogens with two attached hydrogens (primary N) is 1. The van der Waals surface area contributed by atoms with Crippen LogP contribution in [0.5, 0.6) is 0 Å². The topological polar surface area (TPSA) is 92.9 Å². The van der Waals surface area contributed by atoms with E-state index in [0.717, 1.165) is 6.42 Å². The summed E-state index contributed by atoms with van der Waals surface area (Å²) in [4.78, 5) is 23.6. The zero-order valence-electron chi connectivity index (χ0n) is 7.97. The number of esters is 1. The summed E-state index contributed by atoms with van der Waals surface area (Å²) in [5.41, 5.74) is 5.27. The maximum absolute atomic E-state index is 11.1. The van der Waals surface area contributed by atoms with E-state index in [0.29, 0.717) is 13.1 Å². The second-order valence-electron chi connectivity index (χ2n) is 3.29. The second kappa shape index (κ2) is 4.39. The number of aliphatic hydroxyl groups excluding tert-OH is 1. The van der Waals surface area contributed by atoms with Gasteiger partial charge in [-0.05, 0) is 13.3 Å². The number of amides is 1. The molecule has 0 aromatic heterocycles. The molecule has 0 spiro atoms. The van der Waals surface area contributed by atoms with Crippen molar-refractivity contribution in [1.82, 2.24) is 4.90 Å². The Bertz CT molecular complexity index is 237. The van der Waals surface area contributed by atoms with Crippen molar-refractivity contribution in [3.05, 3.63) is 0 Å². The zero-order valence-corrected chi connectivity index (χ0v) is 7.97. The van der Waals surface area contributed by atoms with Gasteiger partial charge >= 0.3 is 12.1 Å². The van der Waals surface area contributed by atoms with E-state index < -0.39 is 24.2 Å². The average molecular weight is 202 g/mol. The summed E-state index contributed by atoms with van der Waals surface area (Å²) in [5.74, 6) is -0.892. The molecule has 14 heavy (non-hydrogen) atoms. The van der Waals surface area contributed by atoms with Gasteiger partial charge in [0, 0.05) is 13.1 Å². The number of hydrogen-bond acceptors (Lipinski definition) is 5. The minimum atomic E-state index is -1.17. The number of aliphatic hydroxyl groups is 1. The number of likely N-dealkylation sites (tertiary alicyclic amines) is 1. The Hall–Kier alpha value is -1.14. The number of rotatable bonds is 2. The summed E-state index contributed by atoms with van der Waals surface area (Å²) >= 11 is 0. The van der Waals surface area contributed by atoms with Crippen molar-refractivity contribution in [3.8, 4) is 0 Å². The van der Waals surface area contributed by atoms with Crippen LogP contribution in [0.4, 0.5) is 4.79 Å². The molecule has 0 unspecified atom stereocenters. The van der Waals surface area contributed by atoms with Gasteiger partial charge in [-0.15, -0.1) is 0 Å². The molecule has 6 heteroatoms. The molecule has 0 aliphatic carbocycles. The van der Waals surface area contributed by atoms with Crippen LogP contribution >= 0.6 is 0 Å². The SMILES string of the molecule is C[C@@H](O)[C@H](N)C(=O)OC(=O)N1CCC1. The van der Waals surface area contributed by atoms with Gasteiger partial charge in [0.15, 0.2) is 0 Å². The number of nitrogens with zero attached hydrogens (tertiary/aromatic N) is 1. The molecule has 0 bridgehead atoms. The molecule has 1 saturated heterocycles. The molecule has 0 saturated carbocycles. The van der Waals surface area contributed by atoms with Crippen LogP contribution in [0.25, 0.3) is 0 Å². The summed E-state index contributed by atoms with van der Waals surface area (Å²) in [6.07, 6.45) is -0.782. The number of hydrogen-bond donors (Lipinski definition) is 2. The highest BCUT2D eigenvalue weighted by Gasteiger charge is 2.28. The summed E-state index contributed by atoms with van der Waals surface area (Å²) in [6, 6.07) is -1.17. The first-order valence-electron chi connectivity index (χ1n) is 4.46. The third kappa shape index (κ3) is 2.43. The van der Waals surface area contributed by atoms with Gasteiger partial charge in [0.25, 0.3) is 0 Å². The molecule has 1 rings (SSSR count). The monoisotopic (exact) mass is 202 g/mol. The molecule has 0 radical (unpaired) electrons. The largest absolute Gasteiger partial charge is 0.417 e. The summed E-state index contributed by atoms with van der Waals surface area (Å²) in [5, 5.41) is 8.96. The van der Waals surface area contributed by atoms with Crippen LogP contribution in [0, 0.1) is 0 Å². The molecule has 3 N–H and O–H groups in total. The van der Waals surface area contributed by atoms with Crippen molar-refractivity contribution in [3.63, 3.8) is 0 Å². The van der Waals surface area contributed by atoms with E-state index in [1.165, 1.54) is 11.8 Å². The second-order valence-corrected chi connectivity index (χ2v) is 3.29.